The van der Waals surface area contributed by atoms with Crippen molar-refractivity contribution >= 4 is 15.7 Å². The summed E-state index contributed by atoms with van der Waals surface area (Å²) < 4.78 is 32.0. The summed E-state index contributed by atoms with van der Waals surface area (Å²) in [5.41, 5.74) is 0.547. The highest BCUT2D eigenvalue weighted by Gasteiger charge is 2.40. The van der Waals surface area contributed by atoms with Crippen LogP contribution >= 0.6 is 0 Å². The number of hydrogen-bond acceptors (Lipinski definition) is 5. The topological polar surface area (TPSA) is 89.8 Å². The summed E-state index contributed by atoms with van der Waals surface area (Å²) in [6.07, 6.45) is 0.724. The molecule has 0 saturated carbocycles. The fraction of sp³-hybridized carbons (Fsp3) is 0.250. The smallest absolute Gasteiger partial charge is 0.312 e. The van der Waals surface area contributed by atoms with E-state index in [0.29, 0.717) is 6.54 Å². The van der Waals surface area contributed by atoms with Crippen molar-refractivity contribution in [1.82, 2.24) is 4.31 Å². The Morgan fingerprint density at radius 1 is 1.21 bits per heavy atom. The number of hydrogen-bond donors (Lipinski definition) is 0. The SMILES string of the molecule is COc1ccc(S(=O)(=O)N2CCC2c2ccccc2)cc1[N+](=O)[O-]. The van der Waals surface area contributed by atoms with Gasteiger partial charge in [-0.1, -0.05) is 30.3 Å². The Hall–Kier alpha value is -2.45. The van der Waals surface area contributed by atoms with Crippen LogP contribution in [0.2, 0.25) is 0 Å². The van der Waals surface area contributed by atoms with Crippen molar-refractivity contribution in [3.05, 3.63) is 64.2 Å². The van der Waals surface area contributed by atoms with Crippen LogP contribution in [-0.2, 0) is 10.0 Å². The second kappa shape index (κ2) is 6.21. The van der Waals surface area contributed by atoms with Crippen molar-refractivity contribution in [3.8, 4) is 5.75 Å². The zero-order chi connectivity index (χ0) is 17.3. The molecule has 7 nitrogen and oxygen atoms in total. The standard InChI is InChI=1S/C16H16N2O5S/c1-23-16-8-7-13(11-15(16)18(19)20)24(21,22)17-10-9-14(17)12-5-3-2-4-6-12/h2-8,11,14H,9-10H2,1H3. The lowest BCUT2D eigenvalue weighted by molar-refractivity contribution is -0.386. The second-order valence-corrected chi connectivity index (χ2v) is 7.31. The molecule has 0 bridgehead atoms. The Labute approximate surface area is 139 Å². The van der Waals surface area contributed by atoms with Crippen LogP contribution in [0.1, 0.15) is 18.0 Å². The van der Waals surface area contributed by atoms with Gasteiger partial charge in [0, 0.05) is 12.6 Å². The predicted molar refractivity (Wildman–Crippen MR) is 87.3 cm³/mol. The van der Waals surface area contributed by atoms with Gasteiger partial charge in [0.1, 0.15) is 0 Å². The molecule has 126 valence electrons. The van der Waals surface area contributed by atoms with Crippen LogP contribution < -0.4 is 4.74 Å². The summed E-state index contributed by atoms with van der Waals surface area (Å²) in [5, 5.41) is 11.1. The number of rotatable bonds is 5. The van der Waals surface area contributed by atoms with E-state index in [2.05, 4.69) is 0 Å². The molecular formula is C16H16N2O5S. The first-order valence-electron chi connectivity index (χ1n) is 7.34. The van der Waals surface area contributed by atoms with Gasteiger partial charge >= 0.3 is 5.69 Å². The zero-order valence-corrected chi connectivity index (χ0v) is 13.8. The molecule has 1 heterocycles. The van der Waals surface area contributed by atoms with E-state index in [1.54, 1.807) is 0 Å². The Kier molecular flexibility index (Phi) is 4.25. The zero-order valence-electron chi connectivity index (χ0n) is 13.0. The molecule has 0 radical (unpaired) electrons. The van der Waals surface area contributed by atoms with E-state index in [1.165, 1.54) is 23.5 Å². The number of nitro benzene ring substituents is 1. The quantitative estimate of drug-likeness (QED) is 0.612. The lowest BCUT2D eigenvalue weighted by atomic mass is 9.98. The van der Waals surface area contributed by atoms with Crippen molar-refractivity contribution in [2.24, 2.45) is 0 Å². The summed E-state index contributed by atoms with van der Waals surface area (Å²) in [5.74, 6) is 0.0298. The van der Waals surface area contributed by atoms with Crippen molar-refractivity contribution in [2.45, 2.75) is 17.4 Å². The minimum Gasteiger partial charge on any atom is -0.490 e. The van der Waals surface area contributed by atoms with E-state index in [9.17, 15) is 18.5 Å². The normalized spacial score (nSPS) is 18.0. The van der Waals surface area contributed by atoms with Gasteiger partial charge in [-0.05, 0) is 24.1 Å². The Balaban J connectivity index is 1.97. The molecule has 3 rings (SSSR count). The number of nitro groups is 1. The summed E-state index contributed by atoms with van der Waals surface area (Å²) in [4.78, 5) is 10.4. The molecule has 8 heteroatoms. The van der Waals surface area contributed by atoms with Crippen LogP contribution in [0.5, 0.6) is 5.75 Å². The molecule has 2 aromatic carbocycles. The number of nitrogens with zero attached hydrogens (tertiary/aromatic N) is 2. The third kappa shape index (κ3) is 2.74. The van der Waals surface area contributed by atoms with E-state index in [0.717, 1.165) is 18.1 Å². The largest absolute Gasteiger partial charge is 0.490 e. The summed E-state index contributed by atoms with van der Waals surface area (Å²) in [7, 11) is -2.50. The van der Waals surface area contributed by atoms with Gasteiger partial charge in [0.25, 0.3) is 0 Å². The van der Waals surface area contributed by atoms with E-state index in [4.69, 9.17) is 4.74 Å². The highest BCUT2D eigenvalue weighted by atomic mass is 32.2. The van der Waals surface area contributed by atoms with Gasteiger partial charge in [0.2, 0.25) is 10.0 Å². The molecule has 0 spiro atoms. The number of ether oxygens (including phenoxy) is 1. The van der Waals surface area contributed by atoms with Gasteiger partial charge in [-0.3, -0.25) is 10.1 Å². The van der Waals surface area contributed by atoms with Crippen LogP contribution in [0.4, 0.5) is 5.69 Å². The monoisotopic (exact) mass is 348 g/mol. The molecule has 0 N–H and O–H groups in total. The predicted octanol–water partition coefficient (Wildman–Crippen LogP) is 2.74. The van der Waals surface area contributed by atoms with Crippen LogP contribution in [0.3, 0.4) is 0 Å². The first-order chi connectivity index (χ1) is 11.4. The van der Waals surface area contributed by atoms with Crippen molar-refractivity contribution < 1.29 is 18.1 Å². The molecular weight excluding hydrogens is 332 g/mol. The average molecular weight is 348 g/mol. The number of methoxy groups -OCH3 is 1. The van der Waals surface area contributed by atoms with Crippen molar-refractivity contribution in [3.63, 3.8) is 0 Å². The fourth-order valence-corrected chi connectivity index (χ4v) is 4.45. The van der Waals surface area contributed by atoms with E-state index in [1.807, 2.05) is 30.3 Å². The highest BCUT2D eigenvalue weighted by molar-refractivity contribution is 7.89. The fourth-order valence-electron chi connectivity index (χ4n) is 2.77. The molecule has 0 aliphatic carbocycles. The summed E-state index contributed by atoms with van der Waals surface area (Å²) in [6, 6.07) is 12.8. The maximum atomic E-state index is 12.8. The molecule has 0 aromatic heterocycles. The maximum absolute atomic E-state index is 12.8. The molecule has 2 aromatic rings. The van der Waals surface area contributed by atoms with E-state index in [-0.39, 0.29) is 22.4 Å². The lowest BCUT2D eigenvalue weighted by Gasteiger charge is -2.39. The van der Waals surface area contributed by atoms with Crippen LogP contribution in [0.25, 0.3) is 0 Å². The molecule has 1 fully saturated rings. The minimum atomic E-state index is -3.81. The van der Waals surface area contributed by atoms with E-state index >= 15 is 0 Å². The van der Waals surface area contributed by atoms with Gasteiger partial charge in [0.15, 0.2) is 5.75 Å². The minimum absolute atomic E-state index is 0.0298. The lowest BCUT2D eigenvalue weighted by Crippen LogP contribution is -2.44. The van der Waals surface area contributed by atoms with Crippen molar-refractivity contribution in [1.29, 1.82) is 0 Å². The first-order valence-corrected chi connectivity index (χ1v) is 8.78. The molecule has 24 heavy (non-hydrogen) atoms. The van der Waals surface area contributed by atoms with Gasteiger partial charge in [0.05, 0.1) is 23.0 Å². The van der Waals surface area contributed by atoms with Gasteiger partial charge in [-0.25, -0.2) is 8.42 Å². The maximum Gasteiger partial charge on any atom is 0.312 e. The van der Waals surface area contributed by atoms with Crippen LogP contribution in [-0.4, -0.2) is 31.3 Å². The molecule has 1 aliphatic heterocycles. The third-order valence-corrected chi connectivity index (χ3v) is 6.01. The molecule has 1 unspecified atom stereocenters. The Morgan fingerprint density at radius 2 is 1.92 bits per heavy atom. The van der Waals surface area contributed by atoms with E-state index < -0.39 is 14.9 Å². The molecule has 1 atom stereocenters. The number of sulfonamides is 1. The van der Waals surface area contributed by atoms with Gasteiger partial charge in [-0.15, -0.1) is 0 Å². The van der Waals surface area contributed by atoms with Gasteiger partial charge < -0.3 is 4.74 Å². The average Bonchev–Trinajstić information content (AvgIpc) is 2.53. The highest BCUT2D eigenvalue weighted by Crippen LogP contribution is 2.39. The van der Waals surface area contributed by atoms with Crippen LogP contribution in [0.15, 0.2) is 53.4 Å². The third-order valence-electron chi connectivity index (χ3n) is 4.11. The molecule has 1 saturated heterocycles. The van der Waals surface area contributed by atoms with Crippen LogP contribution in [0, 0.1) is 10.1 Å². The Morgan fingerprint density at radius 3 is 2.46 bits per heavy atom. The van der Waals surface area contributed by atoms with Crippen molar-refractivity contribution in [2.75, 3.05) is 13.7 Å². The second-order valence-electron chi connectivity index (χ2n) is 5.42. The summed E-state index contributed by atoms with van der Waals surface area (Å²) >= 11 is 0. The molecule has 0 amide bonds. The summed E-state index contributed by atoms with van der Waals surface area (Å²) in [6.45, 7) is 0.391. The first kappa shape index (κ1) is 16.4. The van der Waals surface area contributed by atoms with Gasteiger partial charge in [-0.2, -0.15) is 4.31 Å². The Bertz CT molecular complexity index is 867. The molecule has 1 aliphatic rings. The number of benzene rings is 2.